The minimum atomic E-state index is -0.212. The third-order valence-corrected chi connectivity index (χ3v) is 2.36. The van der Waals surface area contributed by atoms with Crippen molar-refractivity contribution in [3.63, 3.8) is 0 Å². The van der Waals surface area contributed by atoms with Gasteiger partial charge in [0.15, 0.2) is 0 Å². The van der Waals surface area contributed by atoms with Crippen LogP contribution < -0.4 is 5.32 Å². The maximum atomic E-state index is 11.8. The van der Waals surface area contributed by atoms with Crippen LogP contribution in [0.25, 0.3) is 0 Å². The number of aliphatic hydroxyl groups is 1. The zero-order chi connectivity index (χ0) is 12.9. The van der Waals surface area contributed by atoms with Crippen LogP contribution >= 0.6 is 0 Å². The fraction of sp³-hybridized carbons (Fsp3) is 0.538. The molecule has 4 heteroatoms. The second-order valence-electron chi connectivity index (χ2n) is 5.35. The van der Waals surface area contributed by atoms with E-state index in [0.29, 0.717) is 5.56 Å². The average Bonchev–Trinajstić information content (AvgIpc) is 2.27. The van der Waals surface area contributed by atoms with Crippen molar-refractivity contribution in [2.75, 3.05) is 6.61 Å². The summed E-state index contributed by atoms with van der Waals surface area (Å²) in [7, 11) is 0. The summed E-state index contributed by atoms with van der Waals surface area (Å²) < 4.78 is 0. The lowest BCUT2D eigenvalue weighted by molar-refractivity contribution is 0.0897. The lowest BCUT2D eigenvalue weighted by atomic mass is 9.88. The topological polar surface area (TPSA) is 62.2 Å². The second kappa shape index (κ2) is 5.77. The lowest BCUT2D eigenvalue weighted by Gasteiger charge is -2.25. The van der Waals surface area contributed by atoms with Crippen LogP contribution in [0.3, 0.4) is 0 Å². The van der Waals surface area contributed by atoms with Gasteiger partial charge in [0.2, 0.25) is 0 Å². The standard InChI is InChI=1S/C13H20N2O2/c1-13(2,3)8-11(9-16)15-12(17)10-4-6-14-7-5-10/h4-7,11,16H,8-9H2,1-3H3,(H,15,17). The minimum Gasteiger partial charge on any atom is -0.394 e. The van der Waals surface area contributed by atoms with Gasteiger partial charge < -0.3 is 10.4 Å². The zero-order valence-corrected chi connectivity index (χ0v) is 10.6. The summed E-state index contributed by atoms with van der Waals surface area (Å²) in [6, 6.07) is 3.09. The largest absolute Gasteiger partial charge is 0.394 e. The highest BCUT2D eigenvalue weighted by atomic mass is 16.3. The fourth-order valence-electron chi connectivity index (χ4n) is 1.67. The van der Waals surface area contributed by atoms with Gasteiger partial charge in [-0.1, -0.05) is 20.8 Å². The van der Waals surface area contributed by atoms with Crippen molar-refractivity contribution in [2.24, 2.45) is 5.41 Å². The summed E-state index contributed by atoms with van der Waals surface area (Å²) in [5, 5.41) is 12.1. The maximum Gasteiger partial charge on any atom is 0.251 e. The quantitative estimate of drug-likeness (QED) is 0.835. The monoisotopic (exact) mass is 236 g/mol. The van der Waals surface area contributed by atoms with E-state index in [4.69, 9.17) is 0 Å². The van der Waals surface area contributed by atoms with Crippen molar-refractivity contribution in [3.8, 4) is 0 Å². The predicted molar refractivity (Wildman–Crippen MR) is 66.6 cm³/mol. The Labute approximate surface area is 102 Å². The van der Waals surface area contributed by atoms with Gasteiger partial charge in [-0.05, 0) is 24.0 Å². The first kappa shape index (κ1) is 13.6. The summed E-state index contributed by atoms with van der Waals surface area (Å²) in [6.45, 7) is 6.19. The predicted octanol–water partition coefficient (Wildman–Crippen LogP) is 1.61. The zero-order valence-electron chi connectivity index (χ0n) is 10.6. The Hall–Kier alpha value is -1.42. The smallest absolute Gasteiger partial charge is 0.251 e. The summed E-state index contributed by atoms with van der Waals surface area (Å²) >= 11 is 0. The van der Waals surface area contributed by atoms with Crippen LogP contribution in [0.1, 0.15) is 37.6 Å². The number of nitrogens with zero attached hydrogens (tertiary/aromatic N) is 1. The third kappa shape index (κ3) is 4.95. The van der Waals surface area contributed by atoms with Crippen LogP contribution in [0.15, 0.2) is 24.5 Å². The molecular formula is C13H20N2O2. The molecular weight excluding hydrogens is 216 g/mol. The van der Waals surface area contributed by atoms with Gasteiger partial charge in [0.25, 0.3) is 5.91 Å². The van der Waals surface area contributed by atoms with E-state index in [2.05, 4.69) is 31.1 Å². The molecule has 94 valence electrons. The molecule has 1 aromatic rings. The number of carbonyl (C=O) groups excluding carboxylic acids is 1. The molecule has 0 aliphatic carbocycles. The Morgan fingerprint density at radius 2 is 2.00 bits per heavy atom. The molecule has 1 unspecified atom stereocenters. The Balaban J connectivity index is 2.60. The molecule has 1 amide bonds. The number of nitrogens with one attached hydrogen (secondary N) is 1. The van der Waals surface area contributed by atoms with Gasteiger partial charge in [0.1, 0.15) is 0 Å². The van der Waals surface area contributed by atoms with Gasteiger partial charge in [0, 0.05) is 18.0 Å². The molecule has 2 N–H and O–H groups in total. The molecule has 0 fully saturated rings. The third-order valence-electron chi connectivity index (χ3n) is 2.36. The molecule has 1 rings (SSSR count). The highest BCUT2D eigenvalue weighted by Crippen LogP contribution is 2.20. The number of aromatic nitrogens is 1. The minimum absolute atomic E-state index is 0.0475. The van der Waals surface area contributed by atoms with Crippen LogP contribution in [-0.4, -0.2) is 28.6 Å². The van der Waals surface area contributed by atoms with Crippen LogP contribution in [0.5, 0.6) is 0 Å². The molecule has 1 aromatic heterocycles. The maximum absolute atomic E-state index is 11.8. The first-order valence-corrected chi connectivity index (χ1v) is 5.74. The lowest BCUT2D eigenvalue weighted by Crippen LogP contribution is -2.40. The Bertz CT molecular complexity index is 357. The van der Waals surface area contributed by atoms with Gasteiger partial charge in [-0.3, -0.25) is 9.78 Å². The summed E-state index contributed by atoms with van der Waals surface area (Å²) in [5.41, 5.74) is 0.631. The van der Waals surface area contributed by atoms with E-state index in [1.165, 1.54) is 0 Å². The molecule has 0 spiro atoms. The fourth-order valence-corrected chi connectivity index (χ4v) is 1.67. The van der Waals surface area contributed by atoms with Gasteiger partial charge in [0.05, 0.1) is 12.6 Å². The van der Waals surface area contributed by atoms with Gasteiger partial charge >= 0.3 is 0 Å². The van der Waals surface area contributed by atoms with E-state index in [9.17, 15) is 9.90 Å². The molecule has 4 nitrogen and oxygen atoms in total. The van der Waals surface area contributed by atoms with E-state index in [1.54, 1.807) is 24.5 Å². The SMILES string of the molecule is CC(C)(C)CC(CO)NC(=O)c1ccncc1. The normalized spacial score (nSPS) is 13.2. The van der Waals surface area contributed by atoms with E-state index in [1.807, 2.05) is 0 Å². The molecule has 0 aliphatic rings. The first-order valence-electron chi connectivity index (χ1n) is 5.74. The number of pyridine rings is 1. The van der Waals surface area contributed by atoms with Crippen LogP contribution in [0.4, 0.5) is 0 Å². The molecule has 1 atom stereocenters. The molecule has 17 heavy (non-hydrogen) atoms. The van der Waals surface area contributed by atoms with Crippen LogP contribution in [0, 0.1) is 5.41 Å². The van der Waals surface area contributed by atoms with Gasteiger partial charge in [-0.15, -0.1) is 0 Å². The van der Waals surface area contributed by atoms with E-state index in [0.717, 1.165) is 6.42 Å². The highest BCUT2D eigenvalue weighted by molar-refractivity contribution is 5.94. The molecule has 0 saturated heterocycles. The molecule has 0 radical (unpaired) electrons. The number of amides is 1. The Morgan fingerprint density at radius 3 is 2.47 bits per heavy atom. The number of hydrogen-bond donors (Lipinski definition) is 2. The molecule has 0 aliphatic heterocycles. The van der Waals surface area contributed by atoms with Crippen LogP contribution in [-0.2, 0) is 0 Å². The number of aliphatic hydroxyl groups excluding tert-OH is 1. The van der Waals surface area contributed by atoms with E-state index >= 15 is 0 Å². The Kier molecular flexibility index (Phi) is 4.63. The van der Waals surface area contributed by atoms with Crippen molar-refractivity contribution < 1.29 is 9.90 Å². The number of carbonyl (C=O) groups is 1. The van der Waals surface area contributed by atoms with Crippen LogP contribution in [0.2, 0.25) is 0 Å². The Morgan fingerprint density at radius 1 is 1.41 bits per heavy atom. The second-order valence-corrected chi connectivity index (χ2v) is 5.35. The van der Waals surface area contributed by atoms with Crippen molar-refractivity contribution in [1.82, 2.24) is 10.3 Å². The van der Waals surface area contributed by atoms with Crippen molar-refractivity contribution >= 4 is 5.91 Å². The number of hydrogen-bond acceptors (Lipinski definition) is 3. The van der Waals surface area contributed by atoms with Crippen molar-refractivity contribution in [2.45, 2.75) is 33.2 Å². The number of rotatable bonds is 4. The summed E-state index contributed by atoms with van der Waals surface area (Å²) in [6.07, 6.45) is 3.89. The van der Waals surface area contributed by atoms with Gasteiger partial charge in [-0.2, -0.15) is 0 Å². The van der Waals surface area contributed by atoms with Crippen molar-refractivity contribution in [3.05, 3.63) is 30.1 Å². The average molecular weight is 236 g/mol. The highest BCUT2D eigenvalue weighted by Gasteiger charge is 2.20. The summed E-state index contributed by atoms with van der Waals surface area (Å²) in [4.78, 5) is 15.7. The van der Waals surface area contributed by atoms with Crippen molar-refractivity contribution in [1.29, 1.82) is 0 Å². The molecule has 0 aromatic carbocycles. The summed E-state index contributed by atoms with van der Waals surface area (Å²) in [5.74, 6) is -0.171. The van der Waals surface area contributed by atoms with E-state index < -0.39 is 0 Å². The first-order chi connectivity index (χ1) is 7.92. The molecule has 1 heterocycles. The van der Waals surface area contributed by atoms with E-state index in [-0.39, 0.29) is 24.0 Å². The molecule has 0 saturated carbocycles. The molecule has 0 bridgehead atoms. The van der Waals surface area contributed by atoms with Gasteiger partial charge in [-0.25, -0.2) is 0 Å².